The summed E-state index contributed by atoms with van der Waals surface area (Å²) in [6.07, 6.45) is 1.91. The highest BCUT2D eigenvalue weighted by atomic mass is 32.3. The van der Waals surface area contributed by atoms with E-state index in [-0.39, 0.29) is 9.77 Å². The van der Waals surface area contributed by atoms with E-state index in [9.17, 15) is 12.3 Å². The van der Waals surface area contributed by atoms with Gasteiger partial charge in [0.15, 0.2) is 0 Å². The average molecular weight is 165 g/mol. The molecule has 0 unspecified atom stereocenters. The zero-order chi connectivity index (χ0) is 7.78. The van der Waals surface area contributed by atoms with E-state index in [2.05, 4.69) is 5.10 Å². The third-order valence-corrected chi connectivity index (χ3v) is 1.45. The maximum absolute atomic E-state index is 12.0. The molecule has 5 nitrogen and oxygen atoms in total. The van der Waals surface area contributed by atoms with Gasteiger partial charge in [0, 0.05) is 0 Å². The first-order chi connectivity index (χ1) is 4.50. The molecule has 1 aromatic rings. The minimum Gasteiger partial charge on any atom is -0.396 e. The molecule has 0 aliphatic heterocycles. The van der Waals surface area contributed by atoms with Crippen LogP contribution >= 0.6 is 0 Å². The highest BCUT2D eigenvalue weighted by molar-refractivity contribution is 7.84. The van der Waals surface area contributed by atoms with Gasteiger partial charge >= 0.3 is 10.4 Å². The Bertz CT molecular complexity index is 329. The van der Waals surface area contributed by atoms with Crippen LogP contribution in [0.25, 0.3) is 0 Å². The van der Waals surface area contributed by atoms with Crippen LogP contribution in [0.15, 0.2) is 12.4 Å². The molecule has 0 aliphatic carbocycles. The van der Waals surface area contributed by atoms with E-state index < -0.39 is 10.4 Å². The maximum Gasteiger partial charge on any atom is 0.418 e. The van der Waals surface area contributed by atoms with E-state index >= 15 is 0 Å². The molecule has 1 rings (SSSR count). The van der Waals surface area contributed by atoms with E-state index in [0.717, 1.165) is 12.4 Å². The lowest BCUT2D eigenvalue weighted by atomic mass is 10.6. The number of nitrogens with zero attached hydrogens (tertiary/aromatic N) is 2. The van der Waals surface area contributed by atoms with Gasteiger partial charge in [-0.25, -0.2) is 0 Å². The number of rotatable bonds is 1. The molecular formula is C3H4FN3O2S. The summed E-state index contributed by atoms with van der Waals surface area (Å²) in [6, 6.07) is 0. The number of hydrogen-bond donors (Lipinski definition) is 1. The van der Waals surface area contributed by atoms with Crippen molar-refractivity contribution in [1.29, 1.82) is 0 Å². The van der Waals surface area contributed by atoms with Gasteiger partial charge in [-0.05, 0) is 0 Å². The van der Waals surface area contributed by atoms with Crippen molar-refractivity contribution in [3.8, 4) is 0 Å². The fourth-order valence-corrected chi connectivity index (χ4v) is 0.844. The first-order valence-corrected chi connectivity index (χ1v) is 3.59. The molecule has 1 heterocycles. The summed E-state index contributed by atoms with van der Waals surface area (Å²) in [4.78, 5) is 0. The van der Waals surface area contributed by atoms with Crippen molar-refractivity contribution in [3.63, 3.8) is 0 Å². The summed E-state index contributed by atoms with van der Waals surface area (Å²) in [5, 5.41) is 3.12. The number of hydrogen-bond acceptors (Lipinski definition) is 4. The van der Waals surface area contributed by atoms with Crippen LogP contribution in [0.3, 0.4) is 0 Å². The molecule has 0 bridgehead atoms. The first kappa shape index (κ1) is 7.00. The van der Waals surface area contributed by atoms with Gasteiger partial charge in [0.25, 0.3) is 0 Å². The van der Waals surface area contributed by atoms with Gasteiger partial charge in [0.2, 0.25) is 0 Å². The summed E-state index contributed by atoms with van der Waals surface area (Å²) >= 11 is 0. The summed E-state index contributed by atoms with van der Waals surface area (Å²) in [5.74, 6) is 0. The van der Waals surface area contributed by atoms with Crippen LogP contribution in [-0.2, 0) is 10.4 Å². The van der Waals surface area contributed by atoms with E-state index in [1.165, 1.54) is 0 Å². The summed E-state index contributed by atoms with van der Waals surface area (Å²) in [7, 11) is -4.76. The van der Waals surface area contributed by atoms with Crippen LogP contribution < -0.4 is 5.73 Å². The van der Waals surface area contributed by atoms with Gasteiger partial charge in [-0.2, -0.15) is 13.5 Å². The molecule has 1 aromatic heterocycles. The largest absolute Gasteiger partial charge is 0.418 e. The van der Waals surface area contributed by atoms with E-state index in [1.54, 1.807) is 0 Å². The number of halogens is 1. The highest BCUT2D eigenvalue weighted by Crippen LogP contribution is 2.02. The molecule has 7 heteroatoms. The van der Waals surface area contributed by atoms with Crippen LogP contribution in [0.2, 0.25) is 0 Å². The second kappa shape index (κ2) is 1.94. The van der Waals surface area contributed by atoms with E-state index in [1.807, 2.05) is 0 Å². The number of nitrogen functional groups attached to an aromatic ring is 1. The Balaban J connectivity index is 3.21. The molecular weight excluding hydrogens is 161 g/mol. The van der Waals surface area contributed by atoms with Crippen molar-refractivity contribution in [2.75, 3.05) is 5.73 Å². The minimum absolute atomic E-state index is 0.0984. The lowest BCUT2D eigenvalue weighted by Crippen LogP contribution is -2.05. The second-order valence-corrected chi connectivity index (χ2v) is 2.79. The van der Waals surface area contributed by atoms with Crippen LogP contribution in [0.5, 0.6) is 0 Å². The van der Waals surface area contributed by atoms with Crippen molar-refractivity contribution in [2.24, 2.45) is 0 Å². The van der Waals surface area contributed by atoms with Crippen LogP contribution in [0.4, 0.5) is 9.57 Å². The fourth-order valence-electron chi connectivity index (χ4n) is 0.437. The standard InChI is InChI=1S/C3H4FN3O2S/c4-10(8,9)7-2-3(5)1-6-7/h1-2H,5H2. The monoisotopic (exact) mass is 165 g/mol. The Morgan fingerprint density at radius 1 is 1.70 bits per heavy atom. The van der Waals surface area contributed by atoms with Crippen molar-refractivity contribution < 1.29 is 12.3 Å². The van der Waals surface area contributed by atoms with Gasteiger partial charge < -0.3 is 5.73 Å². The SMILES string of the molecule is Nc1cnn(S(=O)(=O)F)c1. The van der Waals surface area contributed by atoms with Gasteiger partial charge in [-0.1, -0.05) is 3.89 Å². The lowest BCUT2D eigenvalue weighted by Gasteiger charge is -1.87. The average Bonchev–Trinajstić information content (AvgIpc) is 2.11. The molecule has 0 radical (unpaired) electrons. The third-order valence-electron chi connectivity index (χ3n) is 0.804. The Hall–Kier alpha value is -1.11. The normalized spacial score (nSPS) is 11.7. The Morgan fingerprint density at radius 2 is 2.30 bits per heavy atom. The molecule has 0 aliphatic rings. The Labute approximate surface area is 56.6 Å². The summed E-state index contributed by atoms with van der Waals surface area (Å²) in [5.41, 5.74) is 5.16. The maximum atomic E-state index is 12.0. The van der Waals surface area contributed by atoms with Crippen LogP contribution in [-0.4, -0.2) is 17.6 Å². The molecule has 56 valence electrons. The lowest BCUT2D eigenvalue weighted by molar-refractivity contribution is 0.533. The molecule has 0 aromatic carbocycles. The smallest absolute Gasteiger partial charge is 0.396 e. The molecule has 0 saturated heterocycles. The quantitative estimate of drug-likeness (QED) is 0.570. The highest BCUT2D eigenvalue weighted by Gasteiger charge is 2.09. The third kappa shape index (κ3) is 1.24. The zero-order valence-corrected chi connectivity index (χ0v) is 5.55. The van der Waals surface area contributed by atoms with Gasteiger partial charge in [-0.15, -0.1) is 4.09 Å². The number of nitrogens with two attached hydrogens (primary N) is 1. The molecule has 0 spiro atoms. The topological polar surface area (TPSA) is 78.0 Å². The molecule has 10 heavy (non-hydrogen) atoms. The Kier molecular flexibility index (Phi) is 1.36. The van der Waals surface area contributed by atoms with Crippen LogP contribution in [0, 0.1) is 0 Å². The summed E-state index contributed by atoms with van der Waals surface area (Å²) in [6.45, 7) is 0. The zero-order valence-electron chi connectivity index (χ0n) is 4.73. The van der Waals surface area contributed by atoms with Crippen molar-refractivity contribution in [1.82, 2.24) is 9.19 Å². The van der Waals surface area contributed by atoms with Gasteiger partial charge in [0.05, 0.1) is 18.1 Å². The van der Waals surface area contributed by atoms with Crippen molar-refractivity contribution in [3.05, 3.63) is 12.4 Å². The fraction of sp³-hybridized carbons (Fsp3) is 0. The molecule has 2 N–H and O–H groups in total. The van der Waals surface area contributed by atoms with Crippen molar-refractivity contribution >= 4 is 16.1 Å². The number of anilines is 1. The second-order valence-electron chi connectivity index (χ2n) is 1.59. The molecule has 0 atom stereocenters. The first-order valence-electron chi connectivity index (χ1n) is 2.25. The van der Waals surface area contributed by atoms with Crippen LogP contribution in [0.1, 0.15) is 0 Å². The van der Waals surface area contributed by atoms with Gasteiger partial charge in [0.1, 0.15) is 0 Å². The predicted molar refractivity (Wildman–Crippen MR) is 32.1 cm³/mol. The Morgan fingerprint density at radius 3 is 2.50 bits per heavy atom. The molecule has 0 amide bonds. The molecule has 0 fully saturated rings. The van der Waals surface area contributed by atoms with Gasteiger partial charge in [-0.3, -0.25) is 0 Å². The van der Waals surface area contributed by atoms with E-state index in [4.69, 9.17) is 5.73 Å². The van der Waals surface area contributed by atoms with Crippen molar-refractivity contribution in [2.45, 2.75) is 0 Å². The molecule has 0 saturated carbocycles. The minimum atomic E-state index is -4.76. The predicted octanol–water partition coefficient (Wildman–Crippen LogP) is -0.472. The summed E-state index contributed by atoms with van der Waals surface area (Å²) < 4.78 is 32.2. The van der Waals surface area contributed by atoms with E-state index in [0.29, 0.717) is 0 Å². The number of aromatic nitrogens is 2.